The molecule has 0 aliphatic rings. The summed E-state index contributed by atoms with van der Waals surface area (Å²) in [6.45, 7) is 0. The summed E-state index contributed by atoms with van der Waals surface area (Å²) in [7, 11) is 0. The normalized spacial score (nSPS) is 11.8. The van der Waals surface area contributed by atoms with Gasteiger partial charge in [0.1, 0.15) is 12.1 Å². The number of aryl methyl sites for hydroxylation is 1. The molecule has 3 aromatic rings. The Morgan fingerprint density at radius 2 is 1.83 bits per heavy atom. The molecule has 0 aliphatic heterocycles. The average molecular weight is 320 g/mol. The van der Waals surface area contributed by atoms with Crippen LogP contribution in [-0.4, -0.2) is 15.2 Å². The predicted octanol–water partition coefficient (Wildman–Crippen LogP) is 3.97. The van der Waals surface area contributed by atoms with Crippen LogP contribution in [0.4, 0.5) is 4.39 Å². The first kappa shape index (κ1) is 15.9. The molecule has 1 N–H and O–H groups in total. The first-order valence-corrected chi connectivity index (χ1v) is 7.86. The molecule has 1 heterocycles. The Labute approximate surface area is 140 Å². The molecule has 4 nitrogen and oxygen atoms in total. The number of aromatic amines is 1. The molecule has 2 aromatic carbocycles. The second kappa shape index (κ2) is 7.51. The minimum absolute atomic E-state index is 0.0736. The van der Waals surface area contributed by atoms with Gasteiger partial charge in [0.25, 0.3) is 0 Å². The summed E-state index contributed by atoms with van der Waals surface area (Å²) >= 11 is 0. The summed E-state index contributed by atoms with van der Waals surface area (Å²) in [4.78, 5) is 4.29. The lowest BCUT2D eigenvalue weighted by atomic mass is 9.91. The van der Waals surface area contributed by atoms with Gasteiger partial charge in [-0.25, -0.2) is 9.37 Å². The lowest BCUT2D eigenvalue weighted by Gasteiger charge is -2.14. The molecule has 3 rings (SSSR count). The SMILES string of the molecule is N#Cc1ccc(C(CCCc2ccc(F)cc2)c2nc[nH]n2)cc1. The van der Waals surface area contributed by atoms with Gasteiger partial charge in [-0.15, -0.1) is 0 Å². The van der Waals surface area contributed by atoms with Crippen molar-refractivity contribution in [3.63, 3.8) is 0 Å². The summed E-state index contributed by atoms with van der Waals surface area (Å²) in [6, 6.07) is 16.3. The van der Waals surface area contributed by atoms with E-state index in [1.54, 1.807) is 6.33 Å². The molecule has 0 amide bonds. The monoisotopic (exact) mass is 320 g/mol. The van der Waals surface area contributed by atoms with Gasteiger partial charge < -0.3 is 0 Å². The predicted molar refractivity (Wildman–Crippen MR) is 88.7 cm³/mol. The zero-order valence-electron chi connectivity index (χ0n) is 13.1. The Hall–Kier alpha value is -3.00. The molecule has 1 aromatic heterocycles. The van der Waals surface area contributed by atoms with E-state index in [0.717, 1.165) is 36.2 Å². The molecular weight excluding hydrogens is 303 g/mol. The highest BCUT2D eigenvalue weighted by molar-refractivity contribution is 5.35. The third kappa shape index (κ3) is 3.85. The fourth-order valence-corrected chi connectivity index (χ4v) is 2.78. The van der Waals surface area contributed by atoms with Gasteiger partial charge >= 0.3 is 0 Å². The highest BCUT2D eigenvalue weighted by Gasteiger charge is 2.17. The summed E-state index contributed by atoms with van der Waals surface area (Å²) < 4.78 is 13.0. The van der Waals surface area contributed by atoms with Crippen LogP contribution in [0, 0.1) is 17.1 Å². The Balaban J connectivity index is 1.71. The molecule has 0 fully saturated rings. The Kier molecular flexibility index (Phi) is 4.97. The second-order valence-corrected chi connectivity index (χ2v) is 5.66. The van der Waals surface area contributed by atoms with E-state index in [-0.39, 0.29) is 11.7 Å². The highest BCUT2D eigenvalue weighted by Crippen LogP contribution is 2.27. The van der Waals surface area contributed by atoms with E-state index in [9.17, 15) is 4.39 Å². The molecule has 1 unspecified atom stereocenters. The zero-order chi connectivity index (χ0) is 16.8. The average Bonchev–Trinajstić information content (AvgIpc) is 3.15. The third-order valence-electron chi connectivity index (χ3n) is 4.06. The molecule has 24 heavy (non-hydrogen) atoms. The number of nitrogens with one attached hydrogen (secondary N) is 1. The van der Waals surface area contributed by atoms with Crippen LogP contribution >= 0.6 is 0 Å². The number of nitriles is 1. The van der Waals surface area contributed by atoms with Gasteiger partial charge in [-0.3, -0.25) is 5.10 Å². The van der Waals surface area contributed by atoms with Crippen molar-refractivity contribution in [3.8, 4) is 6.07 Å². The van der Waals surface area contributed by atoms with Gasteiger partial charge in [-0.05, 0) is 54.7 Å². The summed E-state index contributed by atoms with van der Waals surface area (Å²) in [5, 5.41) is 15.9. The quantitative estimate of drug-likeness (QED) is 0.747. The molecule has 0 saturated heterocycles. The van der Waals surface area contributed by atoms with Gasteiger partial charge in [-0.1, -0.05) is 24.3 Å². The molecule has 0 radical (unpaired) electrons. The van der Waals surface area contributed by atoms with Gasteiger partial charge in [-0.2, -0.15) is 10.4 Å². The van der Waals surface area contributed by atoms with Crippen molar-refractivity contribution in [2.45, 2.75) is 25.2 Å². The van der Waals surface area contributed by atoms with E-state index < -0.39 is 0 Å². The summed E-state index contributed by atoms with van der Waals surface area (Å²) in [6.07, 6.45) is 4.26. The maximum atomic E-state index is 13.0. The molecule has 0 saturated carbocycles. The van der Waals surface area contributed by atoms with E-state index in [0.29, 0.717) is 5.56 Å². The van der Waals surface area contributed by atoms with E-state index in [1.807, 2.05) is 36.4 Å². The lowest BCUT2D eigenvalue weighted by Crippen LogP contribution is -2.05. The van der Waals surface area contributed by atoms with Crippen LogP contribution in [0.5, 0.6) is 0 Å². The largest absolute Gasteiger partial charge is 0.266 e. The number of benzene rings is 2. The fourth-order valence-electron chi connectivity index (χ4n) is 2.78. The molecule has 0 aliphatic carbocycles. The number of H-pyrrole nitrogens is 1. The first-order valence-electron chi connectivity index (χ1n) is 7.86. The van der Waals surface area contributed by atoms with Crippen LogP contribution < -0.4 is 0 Å². The van der Waals surface area contributed by atoms with Gasteiger partial charge in [0.15, 0.2) is 5.82 Å². The van der Waals surface area contributed by atoms with Crippen LogP contribution in [0.2, 0.25) is 0 Å². The number of aromatic nitrogens is 3. The van der Waals surface area contributed by atoms with Crippen LogP contribution in [-0.2, 0) is 6.42 Å². The standard InChI is InChI=1S/C19H17FN4/c20-17-10-6-14(7-11-17)2-1-3-18(19-22-13-23-24-19)16-8-4-15(12-21)5-9-16/h4-11,13,18H,1-3H2,(H,22,23,24). The van der Waals surface area contributed by atoms with Crippen molar-refractivity contribution in [1.29, 1.82) is 5.26 Å². The topological polar surface area (TPSA) is 65.4 Å². The van der Waals surface area contributed by atoms with Gasteiger partial charge in [0.05, 0.1) is 11.6 Å². The van der Waals surface area contributed by atoms with E-state index in [2.05, 4.69) is 21.3 Å². The maximum Gasteiger partial charge on any atom is 0.157 e. The van der Waals surface area contributed by atoms with Gasteiger partial charge in [0, 0.05) is 5.92 Å². The van der Waals surface area contributed by atoms with Crippen LogP contribution in [0.1, 0.15) is 41.3 Å². The lowest BCUT2D eigenvalue weighted by molar-refractivity contribution is 0.621. The van der Waals surface area contributed by atoms with Crippen molar-refractivity contribution in [1.82, 2.24) is 15.2 Å². The number of hydrogen-bond acceptors (Lipinski definition) is 3. The maximum absolute atomic E-state index is 13.0. The first-order chi connectivity index (χ1) is 11.8. The van der Waals surface area contributed by atoms with Crippen LogP contribution in [0.3, 0.4) is 0 Å². The van der Waals surface area contributed by atoms with Crippen molar-refractivity contribution in [3.05, 3.63) is 83.2 Å². The number of rotatable bonds is 6. The van der Waals surface area contributed by atoms with Crippen LogP contribution in [0.25, 0.3) is 0 Å². The van der Waals surface area contributed by atoms with E-state index in [4.69, 9.17) is 5.26 Å². The molecular formula is C19H17FN4. The number of hydrogen-bond donors (Lipinski definition) is 1. The van der Waals surface area contributed by atoms with Crippen molar-refractivity contribution < 1.29 is 4.39 Å². The van der Waals surface area contributed by atoms with Crippen molar-refractivity contribution >= 4 is 0 Å². The summed E-state index contributed by atoms with van der Waals surface area (Å²) in [5.74, 6) is 0.609. The Bertz CT molecular complexity index is 802. The molecule has 1 atom stereocenters. The molecule has 0 bridgehead atoms. The fraction of sp³-hybridized carbons (Fsp3) is 0.211. The second-order valence-electron chi connectivity index (χ2n) is 5.66. The van der Waals surface area contributed by atoms with Crippen molar-refractivity contribution in [2.75, 3.05) is 0 Å². The third-order valence-corrected chi connectivity index (χ3v) is 4.06. The Morgan fingerprint density at radius 3 is 2.46 bits per heavy atom. The van der Waals surface area contributed by atoms with Crippen molar-refractivity contribution in [2.24, 2.45) is 0 Å². The molecule has 120 valence electrons. The molecule has 0 spiro atoms. The number of nitrogens with zero attached hydrogens (tertiary/aromatic N) is 3. The van der Waals surface area contributed by atoms with E-state index in [1.165, 1.54) is 12.1 Å². The highest BCUT2D eigenvalue weighted by atomic mass is 19.1. The zero-order valence-corrected chi connectivity index (χ0v) is 13.1. The summed E-state index contributed by atoms with van der Waals surface area (Å²) in [5.41, 5.74) is 2.84. The van der Waals surface area contributed by atoms with E-state index >= 15 is 0 Å². The van der Waals surface area contributed by atoms with Crippen LogP contribution in [0.15, 0.2) is 54.9 Å². The smallest absolute Gasteiger partial charge is 0.157 e. The minimum Gasteiger partial charge on any atom is -0.266 e. The van der Waals surface area contributed by atoms with Gasteiger partial charge in [0.2, 0.25) is 0 Å². The Morgan fingerprint density at radius 1 is 1.08 bits per heavy atom. The number of halogens is 1. The minimum atomic E-state index is -0.213. The molecule has 5 heteroatoms.